The maximum absolute atomic E-state index is 11.9. The first kappa shape index (κ1) is 16.9. The van der Waals surface area contributed by atoms with E-state index in [1.807, 2.05) is 0 Å². The van der Waals surface area contributed by atoms with Crippen LogP contribution >= 0.6 is 0 Å². The summed E-state index contributed by atoms with van der Waals surface area (Å²) < 4.78 is 25.3. The Morgan fingerprint density at radius 3 is 2.35 bits per heavy atom. The second-order valence-corrected chi connectivity index (χ2v) is 7.13. The molecule has 0 aromatic heterocycles. The number of hydrogen-bond donors (Lipinski definition) is 1. The van der Waals surface area contributed by atoms with E-state index < -0.39 is 22.0 Å². The minimum Gasteiger partial charge on any atom is -0.480 e. The van der Waals surface area contributed by atoms with Crippen molar-refractivity contribution in [2.75, 3.05) is 25.9 Å². The number of rotatable bonds is 7. The Kier molecular flexibility index (Phi) is 5.94. The van der Waals surface area contributed by atoms with E-state index in [4.69, 9.17) is 5.11 Å². The summed E-state index contributed by atoms with van der Waals surface area (Å²) in [6.45, 7) is 2.54. The van der Waals surface area contributed by atoms with E-state index in [9.17, 15) is 18.0 Å². The molecule has 0 spiro atoms. The Balaban J connectivity index is 2.40. The average molecular weight is 306 g/mol. The lowest BCUT2D eigenvalue weighted by atomic mass is 10.2. The molecule has 8 heteroatoms. The van der Waals surface area contributed by atoms with Crippen LogP contribution in [0, 0.1) is 0 Å². The van der Waals surface area contributed by atoms with Crippen LogP contribution in [0.15, 0.2) is 0 Å². The van der Waals surface area contributed by atoms with Crippen molar-refractivity contribution >= 4 is 21.9 Å². The third-order valence-electron chi connectivity index (χ3n) is 3.58. The zero-order valence-electron chi connectivity index (χ0n) is 11.9. The standard InChI is InChI=1S/C12H22N2O5S/c1-10(12(16)17)13(2)11(15)6-5-9-20(18,19)14-7-3-4-8-14/h10H,3-9H2,1-2H3,(H,16,17). The Bertz CT molecular complexity index is 456. The van der Waals surface area contributed by atoms with Gasteiger partial charge in [-0.3, -0.25) is 4.79 Å². The van der Waals surface area contributed by atoms with Gasteiger partial charge in [0, 0.05) is 26.6 Å². The fourth-order valence-corrected chi connectivity index (χ4v) is 3.64. The molecule has 0 bridgehead atoms. The smallest absolute Gasteiger partial charge is 0.326 e. The van der Waals surface area contributed by atoms with Gasteiger partial charge in [0.05, 0.1) is 5.75 Å². The van der Waals surface area contributed by atoms with Gasteiger partial charge >= 0.3 is 5.97 Å². The summed E-state index contributed by atoms with van der Waals surface area (Å²) in [5.74, 6) is -1.49. The highest BCUT2D eigenvalue weighted by atomic mass is 32.2. The number of carbonyl (C=O) groups excluding carboxylic acids is 1. The molecular formula is C12H22N2O5S. The van der Waals surface area contributed by atoms with E-state index in [0.29, 0.717) is 13.1 Å². The molecule has 1 atom stereocenters. The lowest BCUT2D eigenvalue weighted by Crippen LogP contribution is -2.40. The van der Waals surface area contributed by atoms with Crippen molar-refractivity contribution in [1.29, 1.82) is 0 Å². The van der Waals surface area contributed by atoms with Crippen LogP contribution in [0.2, 0.25) is 0 Å². The van der Waals surface area contributed by atoms with E-state index in [1.165, 1.54) is 18.3 Å². The fourth-order valence-electron chi connectivity index (χ4n) is 2.06. The van der Waals surface area contributed by atoms with Crippen LogP contribution in [-0.4, -0.2) is 66.5 Å². The third kappa shape index (κ3) is 4.45. The molecular weight excluding hydrogens is 284 g/mol. The van der Waals surface area contributed by atoms with E-state index in [-0.39, 0.29) is 24.5 Å². The number of aliphatic carboxylic acids is 1. The second kappa shape index (κ2) is 7.03. The van der Waals surface area contributed by atoms with E-state index in [1.54, 1.807) is 0 Å². The number of carbonyl (C=O) groups is 2. The summed E-state index contributed by atoms with van der Waals surface area (Å²) in [5, 5.41) is 8.80. The number of nitrogens with zero attached hydrogens (tertiary/aromatic N) is 2. The van der Waals surface area contributed by atoms with Crippen LogP contribution in [-0.2, 0) is 19.6 Å². The third-order valence-corrected chi connectivity index (χ3v) is 5.54. The van der Waals surface area contributed by atoms with Crippen molar-refractivity contribution < 1.29 is 23.1 Å². The zero-order chi connectivity index (χ0) is 15.3. The number of likely N-dealkylation sites (N-methyl/N-ethyl adjacent to an activating group) is 1. The van der Waals surface area contributed by atoms with Gasteiger partial charge in [0.2, 0.25) is 15.9 Å². The minimum atomic E-state index is -3.27. The van der Waals surface area contributed by atoms with Crippen molar-refractivity contribution in [3.63, 3.8) is 0 Å². The summed E-state index contributed by atoms with van der Waals surface area (Å²) in [6, 6.07) is -0.905. The number of carboxylic acid groups (broad SMARTS) is 1. The summed E-state index contributed by atoms with van der Waals surface area (Å²) in [7, 11) is -1.86. The van der Waals surface area contributed by atoms with Gasteiger partial charge in [0.15, 0.2) is 0 Å². The molecule has 1 heterocycles. The monoisotopic (exact) mass is 306 g/mol. The Morgan fingerprint density at radius 1 is 1.30 bits per heavy atom. The molecule has 20 heavy (non-hydrogen) atoms. The van der Waals surface area contributed by atoms with Crippen molar-refractivity contribution in [1.82, 2.24) is 9.21 Å². The molecule has 7 nitrogen and oxygen atoms in total. The molecule has 1 fully saturated rings. The normalized spacial score (nSPS) is 17.9. The Hall–Kier alpha value is -1.15. The molecule has 0 radical (unpaired) electrons. The van der Waals surface area contributed by atoms with Crippen LogP contribution in [0.3, 0.4) is 0 Å². The van der Waals surface area contributed by atoms with Gasteiger partial charge in [-0.15, -0.1) is 0 Å². The van der Waals surface area contributed by atoms with Crippen LogP contribution < -0.4 is 0 Å². The first-order valence-corrected chi connectivity index (χ1v) is 8.33. The van der Waals surface area contributed by atoms with Crippen molar-refractivity contribution in [3.05, 3.63) is 0 Å². The minimum absolute atomic E-state index is 0.0428. The van der Waals surface area contributed by atoms with Crippen molar-refractivity contribution in [2.45, 2.75) is 38.6 Å². The van der Waals surface area contributed by atoms with Gasteiger partial charge in [0.25, 0.3) is 0 Å². The van der Waals surface area contributed by atoms with E-state index in [2.05, 4.69) is 0 Å². The van der Waals surface area contributed by atoms with Gasteiger partial charge in [-0.05, 0) is 26.2 Å². The molecule has 1 N–H and O–H groups in total. The molecule has 0 aromatic carbocycles. The van der Waals surface area contributed by atoms with E-state index >= 15 is 0 Å². The predicted octanol–water partition coefficient (Wildman–Crippen LogP) is 0.124. The first-order chi connectivity index (χ1) is 9.25. The van der Waals surface area contributed by atoms with Crippen molar-refractivity contribution in [2.24, 2.45) is 0 Å². The summed E-state index contributed by atoms with van der Waals surface area (Å²) in [5.41, 5.74) is 0. The molecule has 1 amide bonds. The molecule has 1 unspecified atom stereocenters. The average Bonchev–Trinajstić information content (AvgIpc) is 2.91. The van der Waals surface area contributed by atoms with Gasteiger partial charge in [0.1, 0.15) is 6.04 Å². The SMILES string of the molecule is CC(C(=O)O)N(C)C(=O)CCCS(=O)(=O)N1CCCC1. The summed E-state index contributed by atoms with van der Waals surface area (Å²) in [4.78, 5) is 23.6. The van der Waals surface area contributed by atoms with Gasteiger partial charge < -0.3 is 10.0 Å². The molecule has 0 saturated carbocycles. The van der Waals surface area contributed by atoms with E-state index in [0.717, 1.165) is 17.7 Å². The molecule has 1 saturated heterocycles. The molecule has 0 aromatic rings. The number of amides is 1. The van der Waals surface area contributed by atoms with Gasteiger partial charge in [-0.2, -0.15) is 0 Å². The summed E-state index contributed by atoms with van der Waals surface area (Å²) in [6.07, 6.45) is 2.03. The topological polar surface area (TPSA) is 95.0 Å². The highest BCUT2D eigenvalue weighted by Gasteiger charge is 2.26. The van der Waals surface area contributed by atoms with Crippen molar-refractivity contribution in [3.8, 4) is 0 Å². The quantitative estimate of drug-likeness (QED) is 0.721. The highest BCUT2D eigenvalue weighted by Crippen LogP contribution is 2.14. The predicted molar refractivity (Wildman–Crippen MR) is 73.7 cm³/mol. The molecule has 116 valence electrons. The fraction of sp³-hybridized carbons (Fsp3) is 0.833. The van der Waals surface area contributed by atoms with Crippen LogP contribution in [0.1, 0.15) is 32.6 Å². The number of sulfonamides is 1. The molecule has 1 aliphatic rings. The molecule has 1 aliphatic heterocycles. The first-order valence-electron chi connectivity index (χ1n) is 6.72. The summed E-state index contributed by atoms with van der Waals surface area (Å²) >= 11 is 0. The Labute approximate surface area is 119 Å². The van der Waals surface area contributed by atoms with Crippen LogP contribution in [0.4, 0.5) is 0 Å². The molecule has 1 rings (SSSR count). The largest absolute Gasteiger partial charge is 0.480 e. The lowest BCUT2D eigenvalue weighted by molar-refractivity contribution is -0.148. The second-order valence-electron chi connectivity index (χ2n) is 5.04. The van der Waals surface area contributed by atoms with Crippen LogP contribution in [0.5, 0.6) is 0 Å². The lowest BCUT2D eigenvalue weighted by Gasteiger charge is -2.21. The highest BCUT2D eigenvalue weighted by molar-refractivity contribution is 7.89. The van der Waals surface area contributed by atoms with Gasteiger partial charge in [-0.1, -0.05) is 0 Å². The number of hydrogen-bond acceptors (Lipinski definition) is 4. The van der Waals surface area contributed by atoms with Gasteiger partial charge in [-0.25, -0.2) is 17.5 Å². The number of carboxylic acids is 1. The Morgan fingerprint density at radius 2 is 1.85 bits per heavy atom. The van der Waals surface area contributed by atoms with Crippen LogP contribution in [0.25, 0.3) is 0 Å². The maximum atomic E-state index is 11.9. The molecule has 0 aliphatic carbocycles. The maximum Gasteiger partial charge on any atom is 0.326 e. The zero-order valence-corrected chi connectivity index (χ0v) is 12.7.